The SMILES string of the molecule is CC(C)c1ccc(C[NH2+]CCSc2nnnn2C)cc1.[Cl-]. The summed E-state index contributed by atoms with van der Waals surface area (Å²) >= 11 is 1.69. The van der Waals surface area contributed by atoms with Crippen LogP contribution in [0, 0.1) is 0 Å². The second-order valence-corrected chi connectivity index (χ2v) is 6.17. The molecule has 0 spiro atoms. The summed E-state index contributed by atoms with van der Waals surface area (Å²) in [6.45, 7) is 6.53. The molecule has 0 atom stereocenters. The van der Waals surface area contributed by atoms with Crippen LogP contribution in [0.15, 0.2) is 29.4 Å². The fraction of sp³-hybridized carbons (Fsp3) is 0.500. The molecule has 0 bridgehead atoms. The second kappa shape index (κ2) is 9.02. The molecule has 0 radical (unpaired) electrons. The van der Waals surface area contributed by atoms with Crippen LogP contribution in [0.1, 0.15) is 30.9 Å². The molecule has 1 heterocycles. The Balaban J connectivity index is 0.00000220. The van der Waals surface area contributed by atoms with E-state index in [0.29, 0.717) is 5.92 Å². The highest BCUT2D eigenvalue weighted by molar-refractivity contribution is 7.99. The molecule has 0 aliphatic heterocycles. The van der Waals surface area contributed by atoms with E-state index in [9.17, 15) is 0 Å². The molecule has 5 nitrogen and oxygen atoms in total. The molecule has 0 unspecified atom stereocenters. The molecule has 7 heteroatoms. The third-order valence-electron chi connectivity index (χ3n) is 3.16. The third kappa shape index (κ3) is 5.65. The lowest BCUT2D eigenvalue weighted by Gasteiger charge is -2.06. The fourth-order valence-electron chi connectivity index (χ4n) is 1.88. The number of rotatable bonds is 7. The number of nitrogens with zero attached hydrogens (tertiary/aromatic N) is 4. The van der Waals surface area contributed by atoms with Gasteiger partial charge in [-0.3, -0.25) is 0 Å². The zero-order valence-electron chi connectivity index (χ0n) is 12.7. The topological polar surface area (TPSA) is 60.2 Å². The van der Waals surface area contributed by atoms with Crippen molar-refractivity contribution in [2.75, 3.05) is 12.3 Å². The zero-order valence-corrected chi connectivity index (χ0v) is 14.2. The van der Waals surface area contributed by atoms with E-state index in [1.54, 1.807) is 16.4 Å². The van der Waals surface area contributed by atoms with Crippen molar-refractivity contribution in [1.29, 1.82) is 0 Å². The summed E-state index contributed by atoms with van der Waals surface area (Å²) in [5.74, 6) is 1.61. The predicted molar refractivity (Wildman–Crippen MR) is 80.5 cm³/mol. The zero-order chi connectivity index (χ0) is 14.4. The van der Waals surface area contributed by atoms with E-state index in [0.717, 1.165) is 24.0 Å². The van der Waals surface area contributed by atoms with Crippen molar-refractivity contribution in [2.45, 2.75) is 31.5 Å². The van der Waals surface area contributed by atoms with Gasteiger partial charge in [0.05, 0.1) is 12.3 Å². The maximum Gasteiger partial charge on any atom is 0.209 e. The van der Waals surface area contributed by atoms with Gasteiger partial charge in [-0.25, -0.2) is 4.68 Å². The minimum absolute atomic E-state index is 0. The highest BCUT2D eigenvalue weighted by atomic mass is 35.5. The summed E-state index contributed by atoms with van der Waals surface area (Å²) in [7, 11) is 1.86. The first-order valence-corrected chi connectivity index (χ1v) is 7.91. The fourth-order valence-corrected chi connectivity index (χ4v) is 2.67. The maximum absolute atomic E-state index is 3.95. The molecule has 2 N–H and O–H groups in total. The van der Waals surface area contributed by atoms with Crippen molar-refractivity contribution in [1.82, 2.24) is 20.2 Å². The van der Waals surface area contributed by atoms with Gasteiger partial charge in [-0.15, -0.1) is 5.10 Å². The van der Waals surface area contributed by atoms with E-state index in [2.05, 4.69) is 59.0 Å². The number of quaternary nitrogens is 1. The molecule has 1 aromatic heterocycles. The molecule has 0 aliphatic carbocycles. The minimum atomic E-state index is 0. The highest BCUT2D eigenvalue weighted by Crippen LogP contribution is 2.14. The molecule has 0 fully saturated rings. The number of halogens is 1. The number of tetrazole rings is 1. The van der Waals surface area contributed by atoms with Gasteiger partial charge in [-0.2, -0.15) is 0 Å². The number of hydrogen-bond donors (Lipinski definition) is 1. The Morgan fingerprint density at radius 1 is 1.24 bits per heavy atom. The first kappa shape index (κ1) is 17.9. The van der Waals surface area contributed by atoms with Gasteiger partial charge in [0.15, 0.2) is 0 Å². The average molecular weight is 328 g/mol. The lowest BCUT2D eigenvalue weighted by Crippen LogP contribution is -3.00. The standard InChI is InChI=1S/C14H21N5S.ClH/c1-11(2)13-6-4-12(5-7-13)10-15-8-9-20-14-16-17-18-19(14)3;/h4-7,11,15H,8-10H2,1-3H3;1H. The number of aryl methyl sites for hydroxylation is 1. The molecule has 0 aliphatic rings. The summed E-state index contributed by atoms with van der Waals surface area (Å²) in [5.41, 5.74) is 2.78. The van der Waals surface area contributed by atoms with Gasteiger partial charge in [0.1, 0.15) is 6.54 Å². The van der Waals surface area contributed by atoms with Crippen LogP contribution in [0.4, 0.5) is 0 Å². The van der Waals surface area contributed by atoms with Crippen molar-refractivity contribution in [3.8, 4) is 0 Å². The third-order valence-corrected chi connectivity index (χ3v) is 4.20. The van der Waals surface area contributed by atoms with Crippen LogP contribution in [0.2, 0.25) is 0 Å². The highest BCUT2D eigenvalue weighted by Gasteiger charge is 2.03. The normalized spacial score (nSPS) is 10.7. The van der Waals surface area contributed by atoms with Crippen LogP contribution < -0.4 is 17.7 Å². The Labute approximate surface area is 136 Å². The van der Waals surface area contributed by atoms with Gasteiger partial charge in [0.2, 0.25) is 5.16 Å². The molecule has 116 valence electrons. The summed E-state index contributed by atoms with van der Waals surface area (Å²) in [5, 5.41) is 14.6. The van der Waals surface area contributed by atoms with Crippen LogP contribution >= 0.6 is 11.8 Å². The van der Waals surface area contributed by atoms with E-state index in [1.165, 1.54) is 11.1 Å². The Morgan fingerprint density at radius 2 is 1.95 bits per heavy atom. The smallest absolute Gasteiger partial charge is 0.209 e. The van der Waals surface area contributed by atoms with Crippen LogP contribution in [0.25, 0.3) is 0 Å². The van der Waals surface area contributed by atoms with Crippen molar-refractivity contribution >= 4 is 11.8 Å². The molecule has 0 saturated heterocycles. The van der Waals surface area contributed by atoms with Crippen LogP contribution in [-0.4, -0.2) is 32.5 Å². The maximum atomic E-state index is 3.95. The Hall–Kier alpha value is -1.11. The quantitative estimate of drug-likeness (QED) is 0.481. The molecule has 2 aromatic rings. The Kier molecular flexibility index (Phi) is 7.71. The van der Waals surface area contributed by atoms with Gasteiger partial charge in [-0.05, 0) is 21.9 Å². The number of nitrogens with two attached hydrogens (primary N) is 1. The van der Waals surface area contributed by atoms with E-state index >= 15 is 0 Å². The molecule has 1 aromatic carbocycles. The van der Waals surface area contributed by atoms with E-state index in [-0.39, 0.29) is 12.4 Å². The second-order valence-electron chi connectivity index (χ2n) is 5.11. The molecular formula is C14H22ClN5S. The lowest BCUT2D eigenvalue weighted by atomic mass is 10.0. The van der Waals surface area contributed by atoms with Gasteiger partial charge in [-0.1, -0.05) is 49.9 Å². The van der Waals surface area contributed by atoms with Crippen LogP contribution in [0.5, 0.6) is 0 Å². The largest absolute Gasteiger partial charge is 1.00 e. The molecule has 2 rings (SSSR count). The molecule has 0 amide bonds. The van der Waals surface area contributed by atoms with Crippen molar-refractivity contribution < 1.29 is 17.7 Å². The van der Waals surface area contributed by atoms with E-state index < -0.39 is 0 Å². The van der Waals surface area contributed by atoms with Crippen molar-refractivity contribution in [3.05, 3.63) is 35.4 Å². The first-order chi connectivity index (χ1) is 9.66. The number of benzene rings is 1. The first-order valence-electron chi connectivity index (χ1n) is 6.92. The number of thioether (sulfide) groups is 1. The number of aromatic nitrogens is 4. The Morgan fingerprint density at radius 3 is 2.52 bits per heavy atom. The van der Waals surface area contributed by atoms with Gasteiger partial charge < -0.3 is 17.7 Å². The van der Waals surface area contributed by atoms with Gasteiger partial charge in [0, 0.05) is 12.6 Å². The molecule has 21 heavy (non-hydrogen) atoms. The van der Waals surface area contributed by atoms with Crippen molar-refractivity contribution in [2.24, 2.45) is 7.05 Å². The Bertz CT molecular complexity index is 526. The summed E-state index contributed by atoms with van der Waals surface area (Å²) in [6.07, 6.45) is 0. The monoisotopic (exact) mass is 327 g/mol. The van der Waals surface area contributed by atoms with Gasteiger partial charge in [0.25, 0.3) is 0 Å². The predicted octanol–water partition coefficient (Wildman–Crippen LogP) is -1.81. The van der Waals surface area contributed by atoms with Crippen molar-refractivity contribution in [3.63, 3.8) is 0 Å². The van der Waals surface area contributed by atoms with Crippen LogP contribution in [-0.2, 0) is 13.6 Å². The van der Waals surface area contributed by atoms with E-state index in [4.69, 9.17) is 0 Å². The minimum Gasteiger partial charge on any atom is -1.00 e. The summed E-state index contributed by atoms with van der Waals surface area (Å²) in [4.78, 5) is 0. The van der Waals surface area contributed by atoms with Crippen LogP contribution in [0.3, 0.4) is 0 Å². The van der Waals surface area contributed by atoms with Gasteiger partial charge >= 0.3 is 0 Å². The number of hydrogen-bond acceptors (Lipinski definition) is 4. The lowest BCUT2D eigenvalue weighted by molar-refractivity contribution is -0.666. The summed E-state index contributed by atoms with van der Waals surface area (Å²) in [6, 6.07) is 8.92. The van der Waals surface area contributed by atoms with E-state index in [1.807, 2.05) is 7.05 Å². The summed E-state index contributed by atoms with van der Waals surface area (Å²) < 4.78 is 1.70. The average Bonchev–Trinajstić information content (AvgIpc) is 2.84. The molecule has 0 saturated carbocycles. The molecular weight excluding hydrogens is 306 g/mol.